The Labute approximate surface area is 168 Å². The molecular weight excluding hydrogens is 376 g/mol. The third-order valence-electron chi connectivity index (χ3n) is 5.67. The van der Waals surface area contributed by atoms with E-state index < -0.39 is 0 Å². The van der Waals surface area contributed by atoms with Gasteiger partial charge >= 0.3 is 0 Å². The highest BCUT2D eigenvalue weighted by molar-refractivity contribution is 7.08. The minimum atomic E-state index is -0.0443. The van der Waals surface area contributed by atoms with Crippen LogP contribution < -0.4 is 5.32 Å². The van der Waals surface area contributed by atoms with Gasteiger partial charge in [-0.05, 0) is 35.2 Å². The molecule has 0 radical (unpaired) electrons. The Morgan fingerprint density at radius 1 is 1.36 bits per heavy atom. The Bertz CT molecular complexity index is 838. The average molecular weight is 403 g/mol. The van der Waals surface area contributed by atoms with Crippen LogP contribution in [0.4, 0.5) is 0 Å². The number of carbonyl (C=O) groups excluding carboxylic acids is 2. The van der Waals surface area contributed by atoms with Gasteiger partial charge in [0.1, 0.15) is 6.54 Å². The molecule has 150 valence electrons. The van der Waals surface area contributed by atoms with Gasteiger partial charge in [-0.3, -0.25) is 14.3 Å². The summed E-state index contributed by atoms with van der Waals surface area (Å²) >= 11 is 1.63. The molecule has 0 aromatic carbocycles. The Balaban J connectivity index is 1.44. The normalized spacial score (nSPS) is 17.4. The lowest BCUT2D eigenvalue weighted by Gasteiger charge is -2.32. The number of thiophene rings is 1. The minimum Gasteiger partial charge on any atom is -0.376 e. The molecule has 2 aliphatic heterocycles. The molecule has 0 saturated carbocycles. The Morgan fingerprint density at radius 2 is 2.18 bits per heavy atom. The monoisotopic (exact) mass is 402 g/mol. The summed E-state index contributed by atoms with van der Waals surface area (Å²) in [6.07, 6.45) is 3.08. The highest BCUT2D eigenvalue weighted by Crippen LogP contribution is 2.33. The maximum atomic E-state index is 12.5. The van der Waals surface area contributed by atoms with Crippen LogP contribution in [-0.2, 0) is 40.3 Å². The molecule has 7 nitrogen and oxygen atoms in total. The molecule has 0 unspecified atom stereocenters. The van der Waals surface area contributed by atoms with Crippen molar-refractivity contribution >= 4 is 23.2 Å². The van der Waals surface area contributed by atoms with Crippen molar-refractivity contribution in [2.24, 2.45) is 0 Å². The van der Waals surface area contributed by atoms with E-state index in [0.717, 1.165) is 54.9 Å². The second kappa shape index (κ2) is 8.45. The van der Waals surface area contributed by atoms with E-state index in [4.69, 9.17) is 9.84 Å². The Hall–Kier alpha value is -2.19. The standard InChI is InChI=1S/C20H26N4O3S/c1-21-18(25)11-24-17-4-8-27-12-16(17)20(22-24)15-2-6-23(7-3-15)19(26)10-14-5-9-28-13-14/h5,9,13,15H,2-4,6-8,10-12H2,1H3,(H,21,25). The number of ether oxygens (including phenoxy) is 1. The topological polar surface area (TPSA) is 76.5 Å². The Morgan fingerprint density at radius 3 is 2.89 bits per heavy atom. The summed E-state index contributed by atoms with van der Waals surface area (Å²) in [5.41, 5.74) is 4.43. The number of hydrogen-bond donors (Lipinski definition) is 1. The summed E-state index contributed by atoms with van der Waals surface area (Å²) in [5.74, 6) is 0.469. The van der Waals surface area contributed by atoms with Crippen molar-refractivity contribution in [3.63, 3.8) is 0 Å². The van der Waals surface area contributed by atoms with Gasteiger partial charge in [0.15, 0.2) is 0 Å². The van der Waals surface area contributed by atoms with Gasteiger partial charge in [-0.2, -0.15) is 16.4 Å². The first-order valence-corrected chi connectivity index (χ1v) is 10.8. The van der Waals surface area contributed by atoms with E-state index in [1.165, 1.54) is 0 Å². The Kier molecular flexibility index (Phi) is 5.77. The van der Waals surface area contributed by atoms with Crippen LogP contribution in [0.5, 0.6) is 0 Å². The summed E-state index contributed by atoms with van der Waals surface area (Å²) < 4.78 is 7.52. The molecule has 0 aliphatic carbocycles. The first kappa shape index (κ1) is 19.1. The maximum Gasteiger partial charge on any atom is 0.241 e. The van der Waals surface area contributed by atoms with E-state index >= 15 is 0 Å². The van der Waals surface area contributed by atoms with Gasteiger partial charge in [0.05, 0.1) is 25.3 Å². The maximum absolute atomic E-state index is 12.5. The number of fused-ring (bicyclic) bond motifs is 1. The molecule has 1 N–H and O–H groups in total. The molecule has 2 amide bonds. The smallest absolute Gasteiger partial charge is 0.241 e. The molecule has 2 aromatic heterocycles. The number of aromatic nitrogens is 2. The predicted octanol–water partition coefficient (Wildman–Crippen LogP) is 1.71. The van der Waals surface area contributed by atoms with Crippen molar-refractivity contribution in [3.05, 3.63) is 39.3 Å². The molecule has 8 heteroatoms. The molecule has 28 heavy (non-hydrogen) atoms. The number of likely N-dealkylation sites (tertiary alicyclic amines) is 1. The minimum absolute atomic E-state index is 0.0443. The molecule has 0 atom stereocenters. The van der Waals surface area contributed by atoms with E-state index in [2.05, 4.69) is 5.32 Å². The van der Waals surface area contributed by atoms with E-state index in [0.29, 0.717) is 25.6 Å². The van der Waals surface area contributed by atoms with Crippen molar-refractivity contribution in [2.45, 2.75) is 44.8 Å². The van der Waals surface area contributed by atoms with Crippen LogP contribution in [0.2, 0.25) is 0 Å². The largest absolute Gasteiger partial charge is 0.376 e. The molecular formula is C20H26N4O3S. The van der Waals surface area contributed by atoms with E-state index in [-0.39, 0.29) is 18.4 Å². The zero-order valence-electron chi connectivity index (χ0n) is 16.1. The van der Waals surface area contributed by atoms with Crippen molar-refractivity contribution in [3.8, 4) is 0 Å². The van der Waals surface area contributed by atoms with Crippen molar-refractivity contribution < 1.29 is 14.3 Å². The fourth-order valence-corrected chi connectivity index (χ4v) is 4.76. The lowest BCUT2D eigenvalue weighted by Crippen LogP contribution is -2.39. The zero-order chi connectivity index (χ0) is 19.5. The van der Waals surface area contributed by atoms with Crippen LogP contribution in [-0.4, -0.2) is 53.2 Å². The highest BCUT2D eigenvalue weighted by atomic mass is 32.1. The quantitative estimate of drug-likeness (QED) is 0.826. The van der Waals surface area contributed by atoms with Gasteiger partial charge in [0.25, 0.3) is 0 Å². The molecule has 2 aliphatic rings. The first-order valence-electron chi connectivity index (χ1n) is 9.81. The number of piperidine rings is 1. The number of nitrogens with one attached hydrogen (secondary N) is 1. The third kappa shape index (κ3) is 3.98. The van der Waals surface area contributed by atoms with Crippen LogP contribution in [0.25, 0.3) is 0 Å². The summed E-state index contributed by atoms with van der Waals surface area (Å²) in [6.45, 7) is 2.99. The van der Waals surface area contributed by atoms with Gasteiger partial charge in [-0.1, -0.05) is 0 Å². The van der Waals surface area contributed by atoms with Crippen LogP contribution >= 0.6 is 11.3 Å². The van der Waals surface area contributed by atoms with Crippen molar-refractivity contribution in [2.75, 3.05) is 26.7 Å². The van der Waals surface area contributed by atoms with Crippen molar-refractivity contribution in [1.82, 2.24) is 20.0 Å². The molecule has 1 saturated heterocycles. The number of likely N-dealkylation sites (N-methyl/N-ethyl adjacent to an activating group) is 1. The summed E-state index contributed by atoms with van der Waals surface area (Å²) in [4.78, 5) is 26.4. The number of amides is 2. The molecule has 4 rings (SSSR count). The molecule has 1 fully saturated rings. The van der Waals surface area contributed by atoms with Gasteiger partial charge in [-0.25, -0.2) is 0 Å². The van der Waals surface area contributed by atoms with Gasteiger partial charge < -0.3 is 15.0 Å². The SMILES string of the molecule is CNC(=O)Cn1nc(C2CCN(C(=O)Cc3ccsc3)CC2)c2c1CCOC2. The molecule has 0 spiro atoms. The van der Waals surface area contributed by atoms with Crippen LogP contribution in [0.15, 0.2) is 16.8 Å². The molecule has 2 aromatic rings. The van der Waals surface area contributed by atoms with Crippen LogP contribution in [0.1, 0.15) is 41.3 Å². The van der Waals surface area contributed by atoms with Crippen LogP contribution in [0, 0.1) is 0 Å². The van der Waals surface area contributed by atoms with Gasteiger partial charge in [-0.15, -0.1) is 0 Å². The number of nitrogens with zero attached hydrogens (tertiary/aromatic N) is 3. The second-order valence-corrected chi connectivity index (χ2v) is 8.19. The van der Waals surface area contributed by atoms with E-state index in [1.807, 2.05) is 26.4 Å². The van der Waals surface area contributed by atoms with Crippen LogP contribution in [0.3, 0.4) is 0 Å². The lowest BCUT2D eigenvalue weighted by molar-refractivity contribution is -0.131. The summed E-state index contributed by atoms with van der Waals surface area (Å²) in [5, 5.41) is 11.5. The van der Waals surface area contributed by atoms with Crippen molar-refractivity contribution in [1.29, 1.82) is 0 Å². The fraction of sp³-hybridized carbons (Fsp3) is 0.550. The number of carbonyl (C=O) groups is 2. The molecule has 0 bridgehead atoms. The average Bonchev–Trinajstić information content (AvgIpc) is 3.36. The third-order valence-corrected chi connectivity index (χ3v) is 6.40. The zero-order valence-corrected chi connectivity index (χ0v) is 17.0. The highest BCUT2D eigenvalue weighted by Gasteiger charge is 2.30. The number of rotatable bonds is 5. The van der Waals surface area contributed by atoms with E-state index in [9.17, 15) is 9.59 Å². The lowest BCUT2D eigenvalue weighted by atomic mass is 9.90. The second-order valence-electron chi connectivity index (χ2n) is 7.41. The number of hydrogen-bond acceptors (Lipinski definition) is 5. The van der Waals surface area contributed by atoms with Gasteiger partial charge in [0.2, 0.25) is 11.8 Å². The van der Waals surface area contributed by atoms with E-state index in [1.54, 1.807) is 18.4 Å². The summed E-state index contributed by atoms with van der Waals surface area (Å²) in [7, 11) is 1.64. The summed E-state index contributed by atoms with van der Waals surface area (Å²) in [6, 6.07) is 2.01. The predicted molar refractivity (Wildman–Crippen MR) is 106 cm³/mol. The first-order chi connectivity index (χ1) is 13.7. The molecule has 4 heterocycles. The fourth-order valence-electron chi connectivity index (χ4n) is 4.09. The van der Waals surface area contributed by atoms with Gasteiger partial charge in [0, 0.05) is 43.7 Å².